The highest BCUT2D eigenvalue weighted by molar-refractivity contribution is 5.08. The summed E-state index contributed by atoms with van der Waals surface area (Å²) >= 11 is 0. The van der Waals surface area contributed by atoms with Crippen LogP contribution in [0.1, 0.15) is 20.3 Å². The molecule has 0 nitrogen and oxygen atoms in total. The van der Waals surface area contributed by atoms with Crippen molar-refractivity contribution < 1.29 is 0 Å². The monoisotopic (exact) mass is 108 g/mol. The van der Waals surface area contributed by atoms with E-state index in [2.05, 4.69) is 19.8 Å². The zero-order valence-corrected chi connectivity index (χ0v) is 5.52. The Labute approximate surface area is 51.6 Å². The van der Waals surface area contributed by atoms with Gasteiger partial charge in [-0.15, -0.1) is 6.42 Å². The number of rotatable bonds is 2. The zero-order chi connectivity index (χ0) is 6.41. The van der Waals surface area contributed by atoms with Crippen LogP contribution in [0.3, 0.4) is 0 Å². The lowest BCUT2D eigenvalue weighted by Gasteiger charge is -1.93. The van der Waals surface area contributed by atoms with Crippen LogP contribution in [0.25, 0.3) is 0 Å². The molecule has 0 aromatic rings. The molecule has 0 fully saturated rings. The van der Waals surface area contributed by atoms with Crippen LogP contribution in [0.4, 0.5) is 0 Å². The van der Waals surface area contributed by atoms with Crippen LogP contribution in [0.2, 0.25) is 0 Å². The van der Waals surface area contributed by atoms with Crippen molar-refractivity contribution in [2.45, 2.75) is 20.3 Å². The van der Waals surface area contributed by atoms with Crippen LogP contribution in [-0.4, -0.2) is 0 Å². The summed E-state index contributed by atoms with van der Waals surface area (Å²) in [6, 6.07) is 0. The fourth-order valence-electron chi connectivity index (χ4n) is 0.408. The Morgan fingerprint density at radius 1 is 1.62 bits per heavy atom. The van der Waals surface area contributed by atoms with Gasteiger partial charge >= 0.3 is 0 Å². The van der Waals surface area contributed by atoms with E-state index in [1.807, 2.05) is 6.08 Å². The molecule has 44 valence electrons. The van der Waals surface area contributed by atoms with Crippen LogP contribution in [0.5, 0.6) is 0 Å². The third-order valence-corrected chi connectivity index (χ3v) is 0.822. The molecule has 0 aromatic carbocycles. The van der Waals surface area contributed by atoms with Crippen LogP contribution in [0.15, 0.2) is 12.2 Å². The molecule has 0 aliphatic carbocycles. The molecule has 8 heavy (non-hydrogen) atoms. The summed E-state index contributed by atoms with van der Waals surface area (Å²) < 4.78 is 0. The molecule has 0 saturated carbocycles. The second-order valence-electron chi connectivity index (χ2n) is 2.20. The first-order chi connectivity index (χ1) is 3.77. The SMILES string of the molecule is C#CC=CCC(C)C. The number of allylic oxidation sites excluding steroid dienone is 2. The van der Waals surface area contributed by atoms with Gasteiger partial charge in [0.05, 0.1) is 0 Å². The van der Waals surface area contributed by atoms with E-state index in [1.54, 1.807) is 6.08 Å². The summed E-state index contributed by atoms with van der Waals surface area (Å²) in [5, 5.41) is 0. The number of hydrogen-bond acceptors (Lipinski definition) is 0. The van der Waals surface area contributed by atoms with Crippen LogP contribution in [-0.2, 0) is 0 Å². The Morgan fingerprint density at radius 3 is 2.62 bits per heavy atom. The smallest absolute Gasteiger partial charge is 0.0161 e. The highest BCUT2D eigenvalue weighted by atomic mass is 13.9. The Kier molecular flexibility index (Phi) is 4.07. The lowest BCUT2D eigenvalue weighted by Crippen LogP contribution is -1.80. The van der Waals surface area contributed by atoms with Crippen molar-refractivity contribution in [2.75, 3.05) is 0 Å². The highest BCUT2D eigenvalue weighted by Crippen LogP contribution is 1.98. The van der Waals surface area contributed by atoms with Crippen molar-refractivity contribution >= 4 is 0 Å². The molecule has 0 heteroatoms. The van der Waals surface area contributed by atoms with Gasteiger partial charge in [-0.2, -0.15) is 0 Å². The quantitative estimate of drug-likeness (QED) is 0.476. The average molecular weight is 108 g/mol. The fourth-order valence-corrected chi connectivity index (χ4v) is 0.408. The maximum atomic E-state index is 4.98. The predicted octanol–water partition coefficient (Wildman–Crippen LogP) is 2.22. The normalized spacial score (nSPS) is 10.2. The van der Waals surface area contributed by atoms with Crippen molar-refractivity contribution in [1.29, 1.82) is 0 Å². The summed E-state index contributed by atoms with van der Waals surface area (Å²) in [4.78, 5) is 0. The molecule has 0 spiro atoms. The lowest BCUT2D eigenvalue weighted by molar-refractivity contribution is 0.664. The fraction of sp³-hybridized carbons (Fsp3) is 0.500. The van der Waals surface area contributed by atoms with E-state index in [-0.39, 0.29) is 0 Å². The van der Waals surface area contributed by atoms with E-state index in [9.17, 15) is 0 Å². The molecule has 0 radical (unpaired) electrons. The first kappa shape index (κ1) is 7.30. The zero-order valence-electron chi connectivity index (χ0n) is 5.52. The molecule has 0 bridgehead atoms. The van der Waals surface area contributed by atoms with E-state index >= 15 is 0 Å². The van der Waals surface area contributed by atoms with E-state index in [0.717, 1.165) is 12.3 Å². The maximum Gasteiger partial charge on any atom is -0.0161 e. The number of terminal acetylenes is 1. The molecule has 0 aliphatic heterocycles. The topological polar surface area (TPSA) is 0 Å². The van der Waals surface area contributed by atoms with Crippen molar-refractivity contribution in [3.05, 3.63) is 12.2 Å². The van der Waals surface area contributed by atoms with Gasteiger partial charge in [0.15, 0.2) is 0 Å². The van der Waals surface area contributed by atoms with E-state index in [1.165, 1.54) is 0 Å². The minimum Gasteiger partial charge on any atom is -0.115 e. The van der Waals surface area contributed by atoms with Gasteiger partial charge in [-0.1, -0.05) is 25.8 Å². The van der Waals surface area contributed by atoms with Crippen molar-refractivity contribution in [3.8, 4) is 12.3 Å². The Balaban J connectivity index is 3.19. The van der Waals surface area contributed by atoms with Gasteiger partial charge in [-0.25, -0.2) is 0 Å². The molecule has 0 saturated heterocycles. The third kappa shape index (κ3) is 5.30. The van der Waals surface area contributed by atoms with Crippen molar-refractivity contribution in [3.63, 3.8) is 0 Å². The summed E-state index contributed by atoms with van der Waals surface area (Å²) in [5.41, 5.74) is 0. The van der Waals surface area contributed by atoms with Crippen molar-refractivity contribution in [1.82, 2.24) is 0 Å². The van der Waals surface area contributed by atoms with Gasteiger partial charge in [-0.3, -0.25) is 0 Å². The molecular formula is C8H12. The van der Waals surface area contributed by atoms with Gasteiger partial charge < -0.3 is 0 Å². The van der Waals surface area contributed by atoms with Gasteiger partial charge in [-0.05, 0) is 18.4 Å². The second-order valence-corrected chi connectivity index (χ2v) is 2.20. The molecule has 0 aliphatic rings. The van der Waals surface area contributed by atoms with Gasteiger partial charge in [0.1, 0.15) is 0 Å². The van der Waals surface area contributed by atoms with Crippen molar-refractivity contribution in [2.24, 2.45) is 5.92 Å². The maximum absolute atomic E-state index is 4.98. The molecule has 0 atom stereocenters. The second kappa shape index (κ2) is 4.46. The molecule has 0 rings (SSSR count). The minimum atomic E-state index is 0.722. The summed E-state index contributed by atoms with van der Waals surface area (Å²) in [5.74, 6) is 3.16. The predicted molar refractivity (Wildman–Crippen MR) is 37.4 cm³/mol. The van der Waals surface area contributed by atoms with Gasteiger partial charge in [0.25, 0.3) is 0 Å². The van der Waals surface area contributed by atoms with E-state index in [4.69, 9.17) is 6.42 Å². The molecular weight excluding hydrogens is 96.1 g/mol. The molecule has 0 amide bonds. The molecule has 0 aromatic heterocycles. The molecule has 0 heterocycles. The molecule has 0 unspecified atom stereocenters. The largest absolute Gasteiger partial charge is 0.115 e. The Morgan fingerprint density at radius 2 is 2.25 bits per heavy atom. The summed E-state index contributed by atoms with van der Waals surface area (Å²) in [7, 11) is 0. The van der Waals surface area contributed by atoms with E-state index < -0.39 is 0 Å². The lowest BCUT2D eigenvalue weighted by atomic mass is 10.1. The highest BCUT2D eigenvalue weighted by Gasteiger charge is 1.84. The standard InChI is InChI=1S/C8H12/c1-4-5-6-7-8(2)3/h1,5-6,8H,7H2,2-3H3. The van der Waals surface area contributed by atoms with Crippen LogP contribution >= 0.6 is 0 Å². The van der Waals surface area contributed by atoms with Crippen LogP contribution < -0.4 is 0 Å². The average Bonchev–Trinajstić information content (AvgIpc) is 1.66. The first-order valence-corrected chi connectivity index (χ1v) is 2.88. The first-order valence-electron chi connectivity index (χ1n) is 2.88. The molecule has 0 N–H and O–H groups in total. The minimum absolute atomic E-state index is 0.722. The summed E-state index contributed by atoms with van der Waals surface area (Å²) in [6.07, 6.45) is 9.83. The van der Waals surface area contributed by atoms with E-state index in [0.29, 0.717) is 0 Å². The van der Waals surface area contributed by atoms with Gasteiger partial charge in [0, 0.05) is 0 Å². The van der Waals surface area contributed by atoms with Gasteiger partial charge in [0.2, 0.25) is 0 Å². The Bertz CT molecular complexity index is 102. The summed E-state index contributed by atoms with van der Waals surface area (Å²) in [6.45, 7) is 4.34. The number of hydrogen-bond donors (Lipinski definition) is 0. The van der Waals surface area contributed by atoms with Crippen LogP contribution in [0, 0.1) is 18.3 Å². The Hall–Kier alpha value is -0.700. The third-order valence-electron chi connectivity index (χ3n) is 0.822.